The van der Waals surface area contributed by atoms with Gasteiger partial charge in [0.25, 0.3) is 5.91 Å². The summed E-state index contributed by atoms with van der Waals surface area (Å²) in [4.78, 5) is 25.3. The van der Waals surface area contributed by atoms with Crippen LogP contribution in [-0.2, 0) is 0 Å². The molecule has 1 aromatic heterocycles. The highest BCUT2D eigenvalue weighted by Crippen LogP contribution is 2.27. The predicted molar refractivity (Wildman–Crippen MR) is 125 cm³/mol. The van der Waals surface area contributed by atoms with Crippen molar-refractivity contribution in [2.45, 2.75) is 0 Å². The zero-order valence-corrected chi connectivity index (χ0v) is 18.1. The number of piperazine rings is 1. The molecule has 0 unspecified atom stereocenters. The molecule has 4 N–H and O–H groups in total. The molecule has 160 valence electrons. The number of hydrogen-bond acceptors (Lipinski definition) is 7. The molecule has 0 atom stereocenters. The van der Waals surface area contributed by atoms with E-state index in [-0.39, 0.29) is 10.6 Å². The highest BCUT2D eigenvalue weighted by molar-refractivity contribution is 6.36. The first-order chi connectivity index (χ1) is 15.0. The minimum atomic E-state index is -0.433. The number of rotatable bonds is 5. The standard InChI is InChI=1S/C21H21Cl2N7O/c22-14-6-7-16(17(23)12-14)21(31)28-27-19-18(24)20(26-13-25-19)30-10-8-29(9-11-30)15-4-2-1-3-5-15/h1-7,12-13H,8-11,24H2,(H,28,31)(H,25,26,27). The Kier molecular flexibility index (Phi) is 6.29. The van der Waals surface area contributed by atoms with Crippen molar-refractivity contribution in [2.75, 3.05) is 47.1 Å². The maximum Gasteiger partial charge on any atom is 0.271 e. The molecule has 1 saturated heterocycles. The smallest absolute Gasteiger partial charge is 0.271 e. The number of benzene rings is 2. The van der Waals surface area contributed by atoms with Gasteiger partial charge in [0.1, 0.15) is 12.0 Å². The summed E-state index contributed by atoms with van der Waals surface area (Å²) in [5, 5.41) is 0.700. The molecule has 0 radical (unpaired) electrons. The molecular formula is C21H21Cl2N7O. The monoisotopic (exact) mass is 457 g/mol. The number of carbonyl (C=O) groups excluding carboxylic acids is 1. The van der Waals surface area contributed by atoms with E-state index in [0.717, 1.165) is 26.2 Å². The number of anilines is 4. The molecule has 0 saturated carbocycles. The summed E-state index contributed by atoms with van der Waals surface area (Å²) >= 11 is 12.0. The van der Waals surface area contributed by atoms with Crippen molar-refractivity contribution in [3.05, 3.63) is 70.5 Å². The quantitative estimate of drug-likeness (QED) is 0.504. The second-order valence-corrected chi connectivity index (χ2v) is 7.82. The lowest BCUT2D eigenvalue weighted by Gasteiger charge is -2.37. The molecule has 0 spiro atoms. The van der Waals surface area contributed by atoms with Crippen LogP contribution in [0, 0.1) is 0 Å². The van der Waals surface area contributed by atoms with Crippen molar-refractivity contribution >= 4 is 52.1 Å². The molecule has 10 heteroatoms. The van der Waals surface area contributed by atoms with Crippen molar-refractivity contribution in [3.8, 4) is 0 Å². The Balaban J connectivity index is 1.41. The first kappa shape index (κ1) is 21.0. The van der Waals surface area contributed by atoms with Crippen LogP contribution in [0.4, 0.5) is 23.0 Å². The normalized spacial score (nSPS) is 13.7. The molecule has 2 heterocycles. The highest BCUT2D eigenvalue weighted by atomic mass is 35.5. The summed E-state index contributed by atoms with van der Waals surface area (Å²) in [6, 6.07) is 14.9. The Labute approximate surface area is 190 Å². The number of nitrogens with one attached hydrogen (secondary N) is 2. The fourth-order valence-corrected chi connectivity index (χ4v) is 3.90. The average molecular weight is 458 g/mol. The van der Waals surface area contributed by atoms with Crippen LogP contribution in [-0.4, -0.2) is 42.1 Å². The van der Waals surface area contributed by atoms with Gasteiger partial charge in [0.05, 0.1) is 10.6 Å². The minimum absolute atomic E-state index is 0.249. The van der Waals surface area contributed by atoms with E-state index in [2.05, 4.69) is 42.8 Å². The van der Waals surface area contributed by atoms with Gasteiger partial charge in [-0.05, 0) is 30.3 Å². The van der Waals surface area contributed by atoms with E-state index < -0.39 is 5.91 Å². The van der Waals surface area contributed by atoms with Crippen molar-refractivity contribution < 1.29 is 4.79 Å². The molecule has 2 aromatic carbocycles. The highest BCUT2D eigenvalue weighted by Gasteiger charge is 2.22. The first-order valence-electron chi connectivity index (χ1n) is 9.70. The summed E-state index contributed by atoms with van der Waals surface area (Å²) < 4.78 is 0. The Morgan fingerprint density at radius 1 is 0.968 bits per heavy atom. The number of halogens is 2. The SMILES string of the molecule is Nc1c(NNC(=O)c2ccc(Cl)cc2Cl)ncnc1N1CCN(c2ccccc2)CC1. The van der Waals surface area contributed by atoms with Gasteiger partial charge in [-0.2, -0.15) is 0 Å². The number of para-hydroxylation sites is 1. The molecule has 4 rings (SSSR count). The number of nitrogen functional groups attached to an aromatic ring is 1. The largest absolute Gasteiger partial charge is 0.393 e. The van der Waals surface area contributed by atoms with Gasteiger partial charge < -0.3 is 15.5 Å². The van der Waals surface area contributed by atoms with E-state index in [4.69, 9.17) is 28.9 Å². The van der Waals surface area contributed by atoms with E-state index >= 15 is 0 Å². The summed E-state index contributed by atoms with van der Waals surface area (Å²) in [6.07, 6.45) is 1.42. The average Bonchev–Trinajstić information content (AvgIpc) is 2.79. The summed E-state index contributed by atoms with van der Waals surface area (Å²) in [5.74, 6) is 0.510. The molecule has 1 aliphatic rings. The van der Waals surface area contributed by atoms with E-state index in [1.807, 2.05) is 18.2 Å². The fraction of sp³-hybridized carbons (Fsp3) is 0.190. The van der Waals surface area contributed by atoms with Gasteiger partial charge in [-0.1, -0.05) is 41.4 Å². The molecule has 1 aliphatic heterocycles. The number of nitrogens with two attached hydrogens (primary N) is 1. The number of nitrogens with zero attached hydrogens (tertiary/aromatic N) is 4. The molecule has 1 fully saturated rings. The lowest BCUT2D eigenvalue weighted by molar-refractivity contribution is 0.0962. The Bertz CT molecular complexity index is 1070. The van der Waals surface area contributed by atoms with Gasteiger partial charge in [0, 0.05) is 36.9 Å². The third kappa shape index (κ3) is 4.76. The molecule has 0 aliphatic carbocycles. The number of hydrogen-bond donors (Lipinski definition) is 3. The van der Waals surface area contributed by atoms with Gasteiger partial charge in [0.2, 0.25) is 0 Å². The van der Waals surface area contributed by atoms with Crippen LogP contribution >= 0.6 is 23.2 Å². The van der Waals surface area contributed by atoms with Gasteiger partial charge in [-0.3, -0.25) is 15.6 Å². The third-order valence-electron chi connectivity index (χ3n) is 5.03. The summed E-state index contributed by atoms with van der Waals surface area (Å²) in [6.45, 7) is 3.23. The van der Waals surface area contributed by atoms with Crippen LogP contribution in [0.25, 0.3) is 0 Å². The van der Waals surface area contributed by atoms with Crippen molar-refractivity contribution in [3.63, 3.8) is 0 Å². The van der Waals surface area contributed by atoms with Crippen LogP contribution in [0.2, 0.25) is 10.0 Å². The predicted octanol–water partition coefficient (Wildman–Crippen LogP) is 3.45. The molecule has 1 amide bonds. The number of hydrazine groups is 1. The van der Waals surface area contributed by atoms with E-state index in [0.29, 0.717) is 22.3 Å². The summed E-state index contributed by atoms with van der Waals surface area (Å²) in [7, 11) is 0. The Morgan fingerprint density at radius 2 is 1.68 bits per heavy atom. The molecular weight excluding hydrogens is 437 g/mol. The zero-order valence-electron chi connectivity index (χ0n) is 16.6. The molecule has 0 bridgehead atoms. The van der Waals surface area contributed by atoms with Crippen LogP contribution in [0.3, 0.4) is 0 Å². The maximum absolute atomic E-state index is 12.4. The zero-order chi connectivity index (χ0) is 21.8. The van der Waals surface area contributed by atoms with Crippen LogP contribution in [0.5, 0.6) is 0 Å². The van der Waals surface area contributed by atoms with Crippen molar-refractivity contribution in [1.82, 2.24) is 15.4 Å². The van der Waals surface area contributed by atoms with E-state index in [1.54, 1.807) is 12.1 Å². The second-order valence-electron chi connectivity index (χ2n) is 6.97. The van der Waals surface area contributed by atoms with Crippen LogP contribution in [0.15, 0.2) is 54.9 Å². The fourth-order valence-electron chi connectivity index (χ4n) is 3.41. The van der Waals surface area contributed by atoms with Crippen molar-refractivity contribution in [2.24, 2.45) is 0 Å². The number of amides is 1. The van der Waals surface area contributed by atoms with Gasteiger partial charge in [0.15, 0.2) is 11.6 Å². The summed E-state index contributed by atoms with van der Waals surface area (Å²) in [5.41, 5.74) is 13.5. The van der Waals surface area contributed by atoms with Crippen molar-refractivity contribution in [1.29, 1.82) is 0 Å². The van der Waals surface area contributed by atoms with E-state index in [9.17, 15) is 4.79 Å². The minimum Gasteiger partial charge on any atom is -0.393 e. The van der Waals surface area contributed by atoms with Crippen LogP contribution < -0.4 is 26.4 Å². The topological polar surface area (TPSA) is 99.4 Å². The Hall–Kier alpha value is -3.23. The lowest BCUT2D eigenvalue weighted by Crippen LogP contribution is -2.47. The van der Waals surface area contributed by atoms with Gasteiger partial charge in [-0.15, -0.1) is 0 Å². The molecule has 8 nitrogen and oxygen atoms in total. The van der Waals surface area contributed by atoms with Crippen LogP contribution in [0.1, 0.15) is 10.4 Å². The second kappa shape index (κ2) is 9.28. The number of carbonyl (C=O) groups is 1. The van der Waals surface area contributed by atoms with Gasteiger partial charge >= 0.3 is 0 Å². The Morgan fingerprint density at radius 3 is 2.39 bits per heavy atom. The number of aromatic nitrogens is 2. The maximum atomic E-state index is 12.4. The first-order valence-corrected chi connectivity index (χ1v) is 10.5. The lowest BCUT2D eigenvalue weighted by atomic mass is 10.2. The third-order valence-corrected chi connectivity index (χ3v) is 5.58. The molecule has 31 heavy (non-hydrogen) atoms. The molecule has 3 aromatic rings. The van der Waals surface area contributed by atoms with Gasteiger partial charge in [-0.25, -0.2) is 9.97 Å². The van der Waals surface area contributed by atoms with E-state index in [1.165, 1.54) is 18.1 Å².